The molecule has 1 N–H and O–H groups in total. The Morgan fingerprint density at radius 3 is 2.52 bits per heavy atom. The summed E-state index contributed by atoms with van der Waals surface area (Å²) in [5.74, 6) is -1.07. The molecule has 1 fully saturated rings. The Morgan fingerprint density at radius 2 is 1.95 bits per heavy atom. The van der Waals surface area contributed by atoms with E-state index in [9.17, 15) is 23.1 Å². The number of alkyl halides is 3. The van der Waals surface area contributed by atoms with Crippen LogP contribution in [0, 0.1) is 0 Å². The molecular formula is C14H10F3NO2S. The maximum Gasteiger partial charge on any atom is 0.417 e. The van der Waals surface area contributed by atoms with Gasteiger partial charge in [0.25, 0.3) is 0 Å². The van der Waals surface area contributed by atoms with Crippen molar-refractivity contribution >= 4 is 17.3 Å². The second-order valence-corrected chi connectivity index (χ2v) is 5.86. The average Bonchev–Trinajstić information content (AvgIpc) is 3.16. The quantitative estimate of drug-likeness (QED) is 0.913. The van der Waals surface area contributed by atoms with E-state index in [0.29, 0.717) is 5.69 Å². The molecule has 1 aliphatic carbocycles. The van der Waals surface area contributed by atoms with Crippen LogP contribution in [0.2, 0.25) is 0 Å². The molecule has 2 aromatic rings. The molecule has 7 heteroatoms. The Hall–Kier alpha value is -1.89. The fraction of sp³-hybridized carbons (Fsp3) is 0.286. The molecule has 3 rings (SSSR count). The fourth-order valence-corrected chi connectivity index (χ4v) is 3.18. The zero-order valence-electron chi connectivity index (χ0n) is 10.6. The summed E-state index contributed by atoms with van der Waals surface area (Å²) in [5, 5.41) is 9.29. The summed E-state index contributed by atoms with van der Waals surface area (Å²) >= 11 is 0.809. The Morgan fingerprint density at radius 1 is 1.29 bits per heavy atom. The van der Waals surface area contributed by atoms with E-state index in [1.54, 1.807) is 0 Å². The molecule has 0 amide bonds. The lowest BCUT2D eigenvalue weighted by Crippen LogP contribution is -2.06. The smallest absolute Gasteiger partial charge is 0.417 e. The molecule has 0 spiro atoms. The van der Waals surface area contributed by atoms with Crippen LogP contribution in [0.5, 0.6) is 0 Å². The summed E-state index contributed by atoms with van der Waals surface area (Å²) in [6.07, 6.45) is -2.82. The van der Waals surface area contributed by atoms with E-state index < -0.39 is 17.7 Å². The zero-order valence-corrected chi connectivity index (χ0v) is 11.5. The van der Waals surface area contributed by atoms with Crippen LogP contribution in [0.3, 0.4) is 0 Å². The van der Waals surface area contributed by atoms with Gasteiger partial charge in [0, 0.05) is 11.5 Å². The van der Waals surface area contributed by atoms with Gasteiger partial charge in [-0.3, -0.25) is 0 Å². The summed E-state index contributed by atoms with van der Waals surface area (Å²) in [7, 11) is 0. The number of thiazole rings is 1. The van der Waals surface area contributed by atoms with Gasteiger partial charge in [-0.05, 0) is 18.9 Å². The number of hydrogen-bond acceptors (Lipinski definition) is 3. The van der Waals surface area contributed by atoms with Gasteiger partial charge in [0.15, 0.2) is 0 Å². The van der Waals surface area contributed by atoms with Crippen LogP contribution in [0.15, 0.2) is 24.3 Å². The van der Waals surface area contributed by atoms with Crippen LogP contribution in [0.25, 0.3) is 10.6 Å². The van der Waals surface area contributed by atoms with E-state index in [4.69, 9.17) is 0 Å². The van der Waals surface area contributed by atoms with Crippen molar-refractivity contribution in [1.82, 2.24) is 4.98 Å². The van der Waals surface area contributed by atoms with Crippen LogP contribution in [-0.4, -0.2) is 16.1 Å². The lowest BCUT2D eigenvalue weighted by molar-refractivity contribution is -0.137. The number of aromatic carboxylic acids is 1. The van der Waals surface area contributed by atoms with Crippen LogP contribution in [-0.2, 0) is 6.18 Å². The normalized spacial score (nSPS) is 15.2. The van der Waals surface area contributed by atoms with Gasteiger partial charge in [0.1, 0.15) is 9.88 Å². The summed E-state index contributed by atoms with van der Waals surface area (Å²) in [6, 6.07) is 5.10. The Kier molecular flexibility index (Phi) is 3.24. The lowest BCUT2D eigenvalue weighted by atomic mass is 10.1. The average molecular weight is 313 g/mol. The van der Waals surface area contributed by atoms with Gasteiger partial charge in [0.2, 0.25) is 0 Å². The minimum absolute atomic E-state index is 0.0458. The summed E-state index contributed by atoms with van der Waals surface area (Å²) < 4.78 is 39.1. The van der Waals surface area contributed by atoms with Crippen molar-refractivity contribution in [2.75, 3.05) is 0 Å². The maximum absolute atomic E-state index is 13.0. The molecular weight excluding hydrogens is 303 g/mol. The third-order valence-electron chi connectivity index (χ3n) is 3.27. The first kappa shape index (κ1) is 14.1. The maximum atomic E-state index is 13.0. The monoisotopic (exact) mass is 313 g/mol. The highest BCUT2D eigenvalue weighted by Crippen LogP contribution is 2.45. The highest BCUT2D eigenvalue weighted by Gasteiger charge is 2.36. The van der Waals surface area contributed by atoms with Crippen LogP contribution >= 0.6 is 11.3 Å². The molecule has 1 saturated carbocycles. The first-order chi connectivity index (χ1) is 9.88. The van der Waals surface area contributed by atoms with E-state index in [-0.39, 0.29) is 21.4 Å². The molecule has 0 unspecified atom stereocenters. The van der Waals surface area contributed by atoms with Crippen molar-refractivity contribution < 1.29 is 23.1 Å². The van der Waals surface area contributed by atoms with Gasteiger partial charge < -0.3 is 5.11 Å². The minimum Gasteiger partial charge on any atom is -0.477 e. The Bertz CT molecular complexity index is 704. The number of nitrogens with zero attached hydrogens (tertiary/aromatic N) is 1. The van der Waals surface area contributed by atoms with Gasteiger partial charge in [0.05, 0.1) is 11.3 Å². The topological polar surface area (TPSA) is 50.2 Å². The van der Waals surface area contributed by atoms with E-state index in [0.717, 1.165) is 30.2 Å². The van der Waals surface area contributed by atoms with E-state index in [1.807, 2.05) is 0 Å². The molecule has 0 bridgehead atoms. The largest absolute Gasteiger partial charge is 0.477 e. The molecule has 110 valence electrons. The van der Waals surface area contributed by atoms with E-state index in [1.165, 1.54) is 18.2 Å². The van der Waals surface area contributed by atoms with Gasteiger partial charge in [-0.1, -0.05) is 18.2 Å². The van der Waals surface area contributed by atoms with Crippen molar-refractivity contribution in [2.45, 2.75) is 24.9 Å². The molecule has 3 nitrogen and oxygen atoms in total. The second-order valence-electron chi connectivity index (χ2n) is 4.86. The number of carbonyl (C=O) groups is 1. The number of hydrogen-bond donors (Lipinski definition) is 1. The van der Waals surface area contributed by atoms with Crippen LogP contribution in [0.1, 0.15) is 39.7 Å². The minimum atomic E-state index is -4.49. The first-order valence-corrected chi connectivity index (χ1v) is 7.10. The highest BCUT2D eigenvalue weighted by molar-refractivity contribution is 7.17. The fourth-order valence-electron chi connectivity index (χ4n) is 2.15. The Balaban J connectivity index is 2.13. The molecule has 21 heavy (non-hydrogen) atoms. The van der Waals surface area contributed by atoms with Gasteiger partial charge in [-0.25, -0.2) is 9.78 Å². The summed E-state index contributed by atoms with van der Waals surface area (Å²) in [5.41, 5.74) is -0.443. The summed E-state index contributed by atoms with van der Waals surface area (Å²) in [4.78, 5) is 15.5. The van der Waals surface area contributed by atoms with Crippen LogP contribution < -0.4 is 0 Å². The second kappa shape index (κ2) is 4.84. The predicted octanol–water partition coefficient (Wildman–Crippen LogP) is 4.40. The lowest BCUT2D eigenvalue weighted by Gasteiger charge is -2.10. The molecule has 0 atom stereocenters. The van der Waals surface area contributed by atoms with Gasteiger partial charge in [-0.2, -0.15) is 13.2 Å². The number of carboxylic acid groups (broad SMARTS) is 1. The molecule has 0 saturated heterocycles. The van der Waals surface area contributed by atoms with Gasteiger partial charge >= 0.3 is 12.1 Å². The molecule has 0 aliphatic heterocycles. The van der Waals surface area contributed by atoms with E-state index >= 15 is 0 Å². The number of benzene rings is 1. The number of carboxylic acids is 1. The van der Waals surface area contributed by atoms with Crippen molar-refractivity contribution in [2.24, 2.45) is 0 Å². The van der Waals surface area contributed by atoms with Crippen molar-refractivity contribution in [3.63, 3.8) is 0 Å². The standard InChI is InChI=1S/C14H10F3NO2S/c15-14(16,17)9-4-2-1-3-8(9)12-18-10(7-5-6-7)11(21-12)13(19)20/h1-4,7H,5-6H2,(H,19,20). The molecule has 1 heterocycles. The first-order valence-electron chi connectivity index (χ1n) is 6.28. The number of halogens is 3. The third kappa shape index (κ3) is 2.65. The SMILES string of the molecule is O=C(O)c1sc(-c2ccccc2C(F)(F)F)nc1C1CC1. The predicted molar refractivity (Wildman–Crippen MR) is 71.5 cm³/mol. The van der Waals surface area contributed by atoms with Gasteiger partial charge in [-0.15, -0.1) is 11.3 Å². The molecule has 0 radical (unpaired) electrons. The Labute approximate surface area is 122 Å². The van der Waals surface area contributed by atoms with Crippen molar-refractivity contribution in [3.05, 3.63) is 40.4 Å². The molecule has 1 aromatic heterocycles. The van der Waals surface area contributed by atoms with Crippen LogP contribution in [0.4, 0.5) is 13.2 Å². The number of aromatic nitrogens is 1. The van der Waals surface area contributed by atoms with E-state index in [2.05, 4.69) is 4.98 Å². The third-order valence-corrected chi connectivity index (χ3v) is 4.37. The zero-order chi connectivity index (χ0) is 15.2. The highest BCUT2D eigenvalue weighted by atomic mass is 32.1. The number of rotatable bonds is 3. The summed E-state index contributed by atoms with van der Waals surface area (Å²) in [6.45, 7) is 0. The molecule has 1 aromatic carbocycles. The van der Waals surface area contributed by atoms with Crippen molar-refractivity contribution in [1.29, 1.82) is 0 Å². The molecule has 1 aliphatic rings. The van der Waals surface area contributed by atoms with Crippen molar-refractivity contribution in [3.8, 4) is 10.6 Å².